The van der Waals surface area contributed by atoms with E-state index >= 15 is 0 Å². The number of likely N-dealkylation sites (tertiary alicyclic amines) is 1. The molecule has 0 aliphatic carbocycles. The van der Waals surface area contributed by atoms with Gasteiger partial charge in [0.25, 0.3) is 11.8 Å². The average molecular weight is 374 g/mol. The van der Waals surface area contributed by atoms with E-state index in [-0.39, 0.29) is 24.5 Å². The van der Waals surface area contributed by atoms with E-state index in [1.807, 2.05) is 30.9 Å². The molecule has 0 aromatic heterocycles. The number of hydrogen-bond acceptors (Lipinski definition) is 4. The normalized spacial score (nSPS) is 20.2. The van der Waals surface area contributed by atoms with Crippen molar-refractivity contribution in [3.8, 4) is 5.75 Å². The van der Waals surface area contributed by atoms with Crippen LogP contribution in [0.3, 0.4) is 0 Å². The molecule has 1 aromatic carbocycles. The van der Waals surface area contributed by atoms with Gasteiger partial charge in [-0.15, -0.1) is 0 Å². The van der Waals surface area contributed by atoms with Crippen molar-refractivity contribution in [2.45, 2.75) is 52.0 Å². The Morgan fingerprint density at radius 2 is 1.85 bits per heavy atom. The first kappa shape index (κ1) is 19.7. The Hall–Kier alpha value is -2.08. The van der Waals surface area contributed by atoms with Crippen LogP contribution in [-0.4, -0.2) is 55.7 Å². The first-order chi connectivity index (χ1) is 13.0. The summed E-state index contributed by atoms with van der Waals surface area (Å²) in [6.07, 6.45) is 5.25. The molecule has 0 spiro atoms. The minimum absolute atomic E-state index is 0.0348. The van der Waals surface area contributed by atoms with E-state index in [4.69, 9.17) is 9.47 Å². The maximum absolute atomic E-state index is 12.5. The number of nitrogens with zero attached hydrogens (tertiary/aromatic N) is 1. The molecule has 1 unspecified atom stereocenters. The number of carbonyl (C=O) groups excluding carboxylic acids is 2. The number of rotatable bonds is 5. The lowest BCUT2D eigenvalue weighted by atomic mass is 10.0. The molecule has 3 rings (SSSR count). The van der Waals surface area contributed by atoms with Gasteiger partial charge in [0, 0.05) is 25.3 Å². The van der Waals surface area contributed by atoms with Crippen LogP contribution in [0.25, 0.3) is 0 Å². The minimum atomic E-state index is -0.0901. The Labute approximate surface area is 161 Å². The standard InChI is InChI=1S/C21H30N2O4/c1-15-11-17(21(25)22-18-7-6-10-26-13-18)12-16(2)20(15)27-14-19(24)23-8-4-3-5-9-23/h11-12,18H,3-10,13-14H2,1-2H3,(H,22,25). The van der Waals surface area contributed by atoms with Crippen LogP contribution in [0, 0.1) is 13.8 Å². The summed E-state index contributed by atoms with van der Waals surface area (Å²) in [5.41, 5.74) is 2.35. The third kappa shape index (κ3) is 5.22. The number of ether oxygens (including phenoxy) is 2. The summed E-state index contributed by atoms with van der Waals surface area (Å²) in [7, 11) is 0. The van der Waals surface area contributed by atoms with E-state index in [2.05, 4.69) is 5.32 Å². The third-order valence-electron chi connectivity index (χ3n) is 5.27. The lowest BCUT2D eigenvalue weighted by Crippen LogP contribution is -2.40. The van der Waals surface area contributed by atoms with Crippen molar-refractivity contribution in [2.24, 2.45) is 0 Å². The van der Waals surface area contributed by atoms with Gasteiger partial charge in [-0.05, 0) is 69.2 Å². The van der Waals surface area contributed by atoms with Crippen LogP contribution in [0.1, 0.15) is 53.6 Å². The molecule has 0 bridgehead atoms. The van der Waals surface area contributed by atoms with E-state index in [0.29, 0.717) is 17.9 Å². The quantitative estimate of drug-likeness (QED) is 0.860. The summed E-state index contributed by atoms with van der Waals surface area (Å²) >= 11 is 0. The van der Waals surface area contributed by atoms with Gasteiger partial charge >= 0.3 is 0 Å². The second kappa shape index (κ2) is 9.22. The van der Waals surface area contributed by atoms with Crippen LogP contribution < -0.4 is 10.1 Å². The SMILES string of the molecule is Cc1cc(C(=O)NC2CCCOC2)cc(C)c1OCC(=O)N1CCCCC1. The number of amides is 2. The highest BCUT2D eigenvalue weighted by atomic mass is 16.5. The molecule has 6 nitrogen and oxygen atoms in total. The molecule has 6 heteroatoms. The zero-order valence-corrected chi connectivity index (χ0v) is 16.4. The topological polar surface area (TPSA) is 67.9 Å². The summed E-state index contributed by atoms with van der Waals surface area (Å²) < 4.78 is 11.2. The number of piperidine rings is 1. The predicted octanol–water partition coefficient (Wildman–Crippen LogP) is 2.60. The number of aryl methyl sites for hydroxylation is 2. The molecule has 0 saturated carbocycles. The Balaban J connectivity index is 1.60. The predicted molar refractivity (Wildman–Crippen MR) is 103 cm³/mol. The van der Waals surface area contributed by atoms with E-state index in [1.165, 1.54) is 6.42 Å². The van der Waals surface area contributed by atoms with Gasteiger partial charge < -0.3 is 19.7 Å². The minimum Gasteiger partial charge on any atom is -0.483 e. The average Bonchev–Trinajstić information content (AvgIpc) is 2.68. The van der Waals surface area contributed by atoms with Crippen LogP contribution in [0.2, 0.25) is 0 Å². The summed E-state index contributed by atoms with van der Waals surface area (Å²) in [5.74, 6) is 0.637. The first-order valence-electron chi connectivity index (χ1n) is 9.95. The molecule has 148 valence electrons. The van der Waals surface area contributed by atoms with Crippen LogP contribution in [0.4, 0.5) is 0 Å². The van der Waals surface area contributed by atoms with Gasteiger partial charge in [-0.2, -0.15) is 0 Å². The molecule has 2 aliphatic heterocycles. The molecule has 2 amide bonds. The Kier molecular flexibility index (Phi) is 6.72. The molecule has 1 atom stereocenters. The van der Waals surface area contributed by atoms with Crippen molar-refractivity contribution >= 4 is 11.8 Å². The zero-order valence-electron chi connectivity index (χ0n) is 16.4. The Morgan fingerprint density at radius 1 is 1.15 bits per heavy atom. The smallest absolute Gasteiger partial charge is 0.260 e. The van der Waals surface area contributed by atoms with Crippen molar-refractivity contribution in [1.29, 1.82) is 0 Å². The van der Waals surface area contributed by atoms with Crippen molar-refractivity contribution in [2.75, 3.05) is 32.9 Å². The summed E-state index contributed by atoms with van der Waals surface area (Å²) in [5, 5.41) is 3.04. The highest BCUT2D eigenvalue weighted by Crippen LogP contribution is 2.25. The molecule has 1 aromatic rings. The van der Waals surface area contributed by atoms with Crippen molar-refractivity contribution in [1.82, 2.24) is 10.2 Å². The van der Waals surface area contributed by atoms with Crippen LogP contribution in [0.5, 0.6) is 5.75 Å². The summed E-state index contributed by atoms with van der Waals surface area (Å²) in [4.78, 5) is 26.7. The summed E-state index contributed by atoms with van der Waals surface area (Å²) in [6.45, 7) is 6.86. The lowest BCUT2D eigenvalue weighted by molar-refractivity contribution is -0.134. The molecule has 2 heterocycles. The van der Waals surface area contributed by atoms with Gasteiger partial charge in [-0.3, -0.25) is 9.59 Å². The van der Waals surface area contributed by atoms with Crippen molar-refractivity contribution < 1.29 is 19.1 Å². The van der Waals surface area contributed by atoms with E-state index in [9.17, 15) is 9.59 Å². The van der Waals surface area contributed by atoms with E-state index in [1.54, 1.807) is 0 Å². The van der Waals surface area contributed by atoms with Gasteiger partial charge in [0.15, 0.2) is 6.61 Å². The lowest BCUT2D eigenvalue weighted by Gasteiger charge is -2.27. The Morgan fingerprint density at radius 3 is 2.48 bits per heavy atom. The van der Waals surface area contributed by atoms with Gasteiger partial charge in [0.2, 0.25) is 0 Å². The molecular formula is C21H30N2O4. The van der Waals surface area contributed by atoms with Gasteiger partial charge in [0.1, 0.15) is 5.75 Å². The Bertz CT molecular complexity index is 654. The second-order valence-corrected chi connectivity index (χ2v) is 7.56. The van der Waals surface area contributed by atoms with Crippen LogP contribution in [-0.2, 0) is 9.53 Å². The number of nitrogens with one attached hydrogen (secondary N) is 1. The van der Waals surface area contributed by atoms with E-state index in [0.717, 1.165) is 56.5 Å². The highest BCUT2D eigenvalue weighted by Gasteiger charge is 2.20. The van der Waals surface area contributed by atoms with Crippen LogP contribution >= 0.6 is 0 Å². The summed E-state index contributed by atoms with van der Waals surface area (Å²) in [6, 6.07) is 3.73. The molecule has 2 aliphatic rings. The third-order valence-corrected chi connectivity index (χ3v) is 5.27. The first-order valence-corrected chi connectivity index (χ1v) is 9.95. The fourth-order valence-corrected chi connectivity index (χ4v) is 3.80. The molecule has 2 fully saturated rings. The van der Waals surface area contributed by atoms with Gasteiger partial charge in [-0.25, -0.2) is 0 Å². The molecule has 2 saturated heterocycles. The highest BCUT2D eigenvalue weighted by molar-refractivity contribution is 5.95. The van der Waals surface area contributed by atoms with E-state index < -0.39 is 0 Å². The zero-order chi connectivity index (χ0) is 19.2. The van der Waals surface area contributed by atoms with Gasteiger partial charge in [-0.1, -0.05) is 0 Å². The monoisotopic (exact) mass is 374 g/mol. The number of carbonyl (C=O) groups is 2. The number of hydrogen-bond donors (Lipinski definition) is 1. The van der Waals surface area contributed by atoms with Crippen LogP contribution in [0.15, 0.2) is 12.1 Å². The second-order valence-electron chi connectivity index (χ2n) is 7.56. The largest absolute Gasteiger partial charge is 0.483 e. The van der Waals surface area contributed by atoms with Crippen molar-refractivity contribution in [3.05, 3.63) is 28.8 Å². The molecule has 0 radical (unpaired) electrons. The molecular weight excluding hydrogens is 344 g/mol. The maximum Gasteiger partial charge on any atom is 0.260 e. The fourth-order valence-electron chi connectivity index (χ4n) is 3.80. The van der Waals surface area contributed by atoms with Crippen molar-refractivity contribution in [3.63, 3.8) is 0 Å². The fraction of sp³-hybridized carbons (Fsp3) is 0.619. The number of benzene rings is 1. The maximum atomic E-state index is 12.5. The molecule has 27 heavy (non-hydrogen) atoms. The van der Waals surface area contributed by atoms with Gasteiger partial charge in [0.05, 0.1) is 12.6 Å². The molecule has 1 N–H and O–H groups in total.